The molecule has 3 rings (SSSR count). The van der Waals surface area contributed by atoms with Gasteiger partial charge < -0.3 is 5.32 Å². The number of amides is 1. The predicted octanol–water partition coefficient (Wildman–Crippen LogP) is 3.89. The van der Waals surface area contributed by atoms with E-state index >= 15 is 0 Å². The van der Waals surface area contributed by atoms with Crippen molar-refractivity contribution in [3.05, 3.63) is 65.0 Å². The first-order chi connectivity index (χ1) is 10.2. The summed E-state index contributed by atoms with van der Waals surface area (Å²) in [7, 11) is 0. The van der Waals surface area contributed by atoms with Gasteiger partial charge in [0.05, 0.1) is 6.42 Å². The second-order valence-corrected chi connectivity index (χ2v) is 5.50. The summed E-state index contributed by atoms with van der Waals surface area (Å²) in [5, 5.41) is 3.00. The van der Waals surface area contributed by atoms with Crippen molar-refractivity contribution in [3.63, 3.8) is 0 Å². The smallest absolute Gasteiger partial charge is 0.228 e. The van der Waals surface area contributed by atoms with Crippen LogP contribution in [0.4, 0.5) is 10.1 Å². The van der Waals surface area contributed by atoms with Gasteiger partial charge in [0.25, 0.3) is 0 Å². The number of carbonyl (C=O) groups is 1. The highest BCUT2D eigenvalue weighted by molar-refractivity contribution is 5.93. The minimum absolute atomic E-state index is 0.0550. The second-order valence-electron chi connectivity index (χ2n) is 5.50. The molecule has 0 aromatic heterocycles. The molecular weight excluding hydrogens is 265 g/mol. The van der Waals surface area contributed by atoms with Crippen molar-refractivity contribution in [1.29, 1.82) is 0 Å². The Labute approximate surface area is 124 Å². The highest BCUT2D eigenvalue weighted by Crippen LogP contribution is 2.27. The van der Waals surface area contributed by atoms with Gasteiger partial charge in [0.1, 0.15) is 5.82 Å². The second kappa shape index (κ2) is 6.08. The first-order valence-electron chi connectivity index (χ1n) is 7.37. The Kier molecular flexibility index (Phi) is 4.00. The average molecular weight is 283 g/mol. The largest absolute Gasteiger partial charge is 0.326 e. The molecule has 0 saturated carbocycles. The third-order valence-electron chi connectivity index (χ3n) is 3.95. The van der Waals surface area contributed by atoms with Crippen molar-refractivity contribution in [2.24, 2.45) is 0 Å². The van der Waals surface area contributed by atoms with E-state index in [0.717, 1.165) is 24.1 Å². The summed E-state index contributed by atoms with van der Waals surface area (Å²) in [6.07, 6.45) is 4.79. The van der Waals surface area contributed by atoms with Gasteiger partial charge in [0.15, 0.2) is 0 Å². The quantitative estimate of drug-likeness (QED) is 0.910. The number of hydrogen-bond acceptors (Lipinski definition) is 1. The fourth-order valence-electron chi connectivity index (χ4n) is 2.88. The van der Waals surface area contributed by atoms with Crippen molar-refractivity contribution in [1.82, 2.24) is 0 Å². The number of carbonyl (C=O) groups excluding carboxylic acids is 1. The highest BCUT2D eigenvalue weighted by atomic mass is 19.1. The van der Waals surface area contributed by atoms with Gasteiger partial charge in [-0.25, -0.2) is 4.39 Å². The van der Waals surface area contributed by atoms with E-state index in [2.05, 4.69) is 11.4 Å². The molecule has 108 valence electrons. The van der Waals surface area contributed by atoms with Crippen LogP contribution in [0, 0.1) is 5.82 Å². The Morgan fingerprint density at radius 2 is 1.81 bits per heavy atom. The molecule has 3 heteroatoms. The summed E-state index contributed by atoms with van der Waals surface area (Å²) in [5.74, 6) is -0.336. The van der Waals surface area contributed by atoms with Gasteiger partial charge in [-0.15, -0.1) is 0 Å². The SMILES string of the molecule is O=C(Cc1ccc(F)cc1)Nc1cccc2c1CCCC2. The van der Waals surface area contributed by atoms with E-state index in [4.69, 9.17) is 0 Å². The van der Waals surface area contributed by atoms with Gasteiger partial charge in [0, 0.05) is 5.69 Å². The number of hydrogen-bond donors (Lipinski definition) is 1. The third kappa shape index (κ3) is 3.30. The lowest BCUT2D eigenvalue weighted by atomic mass is 9.90. The molecule has 0 saturated heterocycles. The van der Waals surface area contributed by atoms with E-state index < -0.39 is 0 Å². The molecule has 2 aromatic rings. The standard InChI is InChI=1S/C18H18FNO/c19-15-10-8-13(9-11-15)12-18(21)20-17-7-3-5-14-4-1-2-6-16(14)17/h3,5,7-11H,1-2,4,6,12H2,(H,20,21). The van der Waals surface area contributed by atoms with Crippen LogP contribution in [-0.2, 0) is 24.1 Å². The van der Waals surface area contributed by atoms with Crippen molar-refractivity contribution in [2.45, 2.75) is 32.1 Å². The van der Waals surface area contributed by atoms with Crippen LogP contribution in [-0.4, -0.2) is 5.91 Å². The molecule has 0 radical (unpaired) electrons. The molecule has 0 heterocycles. The van der Waals surface area contributed by atoms with E-state index in [1.54, 1.807) is 12.1 Å². The van der Waals surface area contributed by atoms with Crippen molar-refractivity contribution < 1.29 is 9.18 Å². The van der Waals surface area contributed by atoms with Crippen molar-refractivity contribution >= 4 is 11.6 Å². The minimum Gasteiger partial charge on any atom is -0.326 e. The zero-order valence-corrected chi connectivity index (χ0v) is 11.9. The van der Waals surface area contributed by atoms with Gasteiger partial charge in [-0.3, -0.25) is 4.79 Å². The molecule has 0 atom stereocenters. The van der Waals surface area contributed by atoms with Crippen LogP contribution in [0.25, 0.3) is 0 Å². The summed E-state index contributed by atoms with van der Waals surface area (Å²) < 4.78 is 12.9. The summed E-state index contributed by atoms with van der Waals surface area (Å²) in [6.45, 7) is 0. The molecule has 1 aliphatic carbocycles. The van der Waals surface area contributed by atoms with Crippen LogP contribution in [0.3, 0.4) is 0 Å². The Hall–Kier alpha value is -2.16. The number of anilines is 1. The van der Waals surface area contributed by atoms with E-state index in [1.807, 2.05) is 12.1 Å². The molecule has 2 nitrogen and oxygen atoms in total. The van der Waals surface area contributed by atoms with E-state index in [9.17, 15) is 9.18 Å². The Balaban J connectivity index is 1.71. The van der Waals surface area contributed by atoms with Gasteiger partial charge in [-0.1, -0.05) is 24.3 Å². The van der Waals surface area contributed by atoms with E-state index in [1.165, 1.54) is 36.1 Å². The maximum Gasteiger partial charge on any atom is 0.228 e. The molecule has 0 bridgehead atoms. The summed E-state index contributed by atoms with van der Waals surface area (Å²) in [5.41, 5.74) is 4.37. The number of aryl methyl sites for hydroxylation is 1. The minimum atomic E-state index is -0.281. The van der Waals surface area contributed by atoms with E-state index in [0.29, 0.717) is 0 Å². The maximum absolute atomic E-state index is 12.9. The van der Waals surface area contributed by atoms with Crippen LogP contribution in [0.5, 0.6) is 0 Å². The first-order valence-corrected chi connectivity index (χ1v) is 7.37. The fourth-order valence-corrected chi connectivity index (χ4v) is 2.88. The molecule has 21 heavy (non-hydrogen) atoms. The molecule has 2 aromatic carbocycles. The number of rotatable bonds is 3. The zero-order chi connectivity index (χ0) is 14.7. The van der Waals surface area contributed by atoms with Gasteiger partial charge in [-0.05, 0) is 60.6 Å². The number of fused-ring (bicyclic) bond motifs is 1. The summed E-state index contributed by atoms with van der Waals surface area (Å²) >= 11 is 0. The molecule has 0 spiro atoms. The Bertz CT molecular complexity index is 649. The summed E-state index contributed by atoms with van der Waals surface area (Å²) in [6, 6.07) is 12.2. The van der Waals surface area contributed by atoms with Crippen LogP contribution in [0.15, 0.2) is 42.5 Å². The first kappa shape index (κ1) is 13.8. The van der Waals surface area contributed by atoms with Gasteiger partial charge in [0.2, 0.25) is 5.91 Å². The molecule has 1 amide bonds. The van der Waals surface area contributed by atoms with Crippen LogP contribution in [0.2, 0.25) is 0 Å². The number of nitrogens with one attached hydrogen (secondary N) is 1. The van der Waals surface area contributed by atoms with Gasteiger partial charge in [-0.2, -0.15) is 0 Å². The van der Waals surface area contributed by atoms with Crippen LogP contribution >= 0.6 is 0 Å². The van der Waals surface area contributed by atoms with Crippen LogP contribution < -0.4 is 5.32 Å². The molecule has 1 aliphatic rings. The maximum atomic E-state index is 12.9. The Morgan fingerprint density at radius 1 is 1.05 bits per heavy atom. The molecular formula is C18H18FNO. The van der Waals surface area contributed by atoms with Gasteiger partial charge >= 0.3 is 0 Å². The zero-order valence-electron chi connectivity index (χ0n) is 11.9. The van der Waals surface area contributed by atoms with Crippen molar-refractivity contribution in [3.8, 4) is 0 Å². The summed E-state index contributed by atoms with van der Waals surface area (Å²) in [4.78, 5) is 12.1. The molecule has 1 N–H and O–H groups in total. The van der Waals surface area contributed by atoms with E-state index in [-0.39, 0.29) is 18.1 Å². The predicted molar refractivity (Wildman–Crippen MR) is 81.8 cm³/mol. The molecule has 0 fully saturated rings. The molecule has 0 aliphatic heterocycles. The normalized spacial score (nSPS) is 13.6. The fraction of sp³-hybridized carbons (Fsp3) is 0.278. The van der Waals surface area contributed by atoms with Crippen LogP contribution in [0.1, 0.15) is 29.5 Å². The third-order valence-corrected chi connectivity index (χ3v) is 3.95. The van der Waals surface area contributed by atoms with Crippen molar-refractivity contribution in [2.75, 3.05) is 5.32 Å². The highest BCUT2D eigenvalue weighted by Gasteiger charge is 2.14. The molecule has 0 unspecified atom stereocenters. The monoisotopic (exact) mass is 283 g/mol. The average Bonchev–Trinajstić information content (AvgIpc) is 2.50. The Morgan fingerprint density at radius 3 is 2.62 bits per heavy atom. The number of halogens is 1. The lowest BCUT2D eigenvalue weighted by Gasteiger charge is -2.19. The number of benzene rings is 2. The topological polar surface area (TPSA) is 29.1 Å². The lowest BCUT2D eigenvalue weighted by molar-refractivity contribution is -0.115. The lowest BCUT2D eigenvalue weighted by Crippen LogP contribution is -2.17.